The molecule has 0 bridgehead atoms. The first kappa shape index (κ1) is 17.9. The fraction of sp³-hybridized carbons (Fsp3) is 0.214. The van der Waals surface area contributed by atoms with Crippen LogP contribution in [0, 0.1) is 17.7 Å². The summed E-state index contributed by atoms with van der Waals surface area (Å²) < 4.78 is 38.8. The SMILES string of the molecule is COCOc1cc(F)c(-c2[c-]ccc(=O)n2C)c(F)c1.[Y]. The van der Waals surface area contributed by atoms with Crippen molar-refractivity contribution < 1.29 is 51.0 Å². The minimum Gasteiger partial charge on any atom is -0.467 e. The molecule has 1 aromatic carbocycles. The van der Waals surface area contributed by atoms with Crippen molar-refractivity contribution in [2.24, 2.45) is 7.05 Å². The molecule has 0 N–H and O–H groups in total. The number of ether oxygens (including phenoxy) is 2. The van der Waals surface area contributed by atoms with E-state index in [0.717, 1.165) is 16.7 Å². The first-order valence-corrected chi connectivity index (χ1v) is 5.73. The van der Waals surface area contributed by atoms with Gasteiger partial charge < -0.3 is 14.0 Å². The van der Waals surface area contributed by atoms with Gasteiger partial charge in [-0.15, -0.1) is 0 Å². The van der Waals surface area contributed by atoms with Gasteiger partial charge in [0.15, 0.2) is 12.4 Å². The van der Waals surface area contributed by atoms with Crippen molar-refractivity contribution in [1.82, 2.24) is 4.57 Å². The normalized spacial score (nSPS) is 10.1. The van der Waals surface area contributed by atoms with Gasteiger partial charge in [-0.3, -0.25) is 4.79 Å². The maximum atomic E-state index is 14.0. The molecule has 0 amide bonds. The topological polar surface area (TPSA) is 40.5 Å². The van der Waals surface area contributed by atoms with Crippen LogP contribution in [0.5, 0.6) is 5.75 Å². The Morgan fingerprint density at radius 2 is 1.90 bits per heavy atom. The average Bonchev–Trinajstić information content (AvgIpc) is 2.40. The Morgan fingerprint density at radius 1 is 1.29 bits per heavy atom. The van der Waals surface area contributed by atoms with Crippen LogP contribution in [-0.4, -0.2) is 18.5 Å². The number of halogens is 2. The van der Waals surface area contributed by atoms with Crippen molar-refractivity contribution in [2.45, 2.75) is 0 Å². The van der Waals surface area contributed by atoms with E-state index in [1.165, 1.54) is 26.3 Å². The van der Waals surface area contributed by atoms with Crippen molar-refractivity contribution in [2.75, 3.05) is 13.9 Å². The molecule has 0 aliphatic rings. The molecule has 0 unspecified atom stereocenters. The van der Waals surface area contributed by atoms with Gasteiger partial charge in [-0.2, -0.15) is 12.1 Å². The molecule has 1 radical (unpaired) electrons. The third-order valence-electron chi connectivity index (χ3n) is 2.71. The Balaban J connectivity index is 0.00000220. The summed E-state index contributed by atoms with van der Waals surface area (Å²) in [6, 6.07) is 7.30. The molecule has 4 nitrogen and oxygen atoms in total. The Labute approximate surface area is 145 Å². The summed E-state index contributed by atoms with van der Waals surface area (Å²) in [6.07, 6.45) is 0. The van der Waals surface area contributed by atoms with E-state index in [0.29, 0.717) is 0 Å². The van der Waals surface area contributed by atoms with Crippen molar-refractivity contribution in [3.05, 3.63) is 52.3 Å². The van der Waals surface area contributed by atoms with Gasteiger partial charge in [0.25, 0.3) is 0 Å². The fourth-order valence-corrected chi connectivity index (χ4v) is 1.74. The van der Waals surface area contributed by atoms with Crippen LogP contribution in [0.15, 0.2) is 29.1 Å². The molecule has 7 heteroatoms. The minimum atomic E-state index is -0.839. The van der Waals surface area contributed by atoms with E-state index in [1.54, 1.807) is 0 Å². The summed E-state index contributed by atoms with van der Waals surface area (Å²) in [7, 11) is 2.82. The van der Waals surface area contributed by atoms with Gasteiger partial charge in [-0.1, -0.05) is 11.8 Å². The van der Waals surface area contributed by atoms with Crippen LogP contribution in [0.25, 0.3) is 11.3 Å². The summed E-state index contributed by atoms with van der Waals surface area (Å²) in [5, 5.41) is 0. The second kappa shape index (κ2) is 7.78. The van der Waals surface area contributed by atoms with Gasteiger partial charge in [0.05, 0.1) is 11.6 Å². The van der Waals surface area contributed by atoms with Gasteiger partial charge in [0.2, 0.25) is 0 Å². The molecule has 0 fully saturated rings. The molecule has 0 aliphatic carbocycles. The molecule has 0 saturated heterocycles. The number of methoxy groups -OCH3 is 1. The molecule has 0 aliphatic heterocycles. The first-order chi connectivity index (χ1) is 9.54. The predicted molar refractivity (Wildman–Crippen MR) is 68.4 cm³/mol. The third kappa shape index (κ3) is 3.96. The molecule has 1 heterocycles. The Morgan fingerprint density at radius 3 is 2.48 bits per heavy atom. The van der Waals surface area contributed by atoms with Crippen LogP contribution < -0.4 is 10.3 Å². The number of rotatable bonds is 4. The average molecular weight is 369 g/mol. The van der Waals surface area contributed by atoms with Crippen LogP contribution in [0.3, 0.4) is 0 Å². The maximum Gasteiger partial charge on any atom is 0.194 e. The number of benzene rings is 1. The molecular weight excluding hydrogens is 357 g/mol. The zero-order valence-corrected chi connectivity index (χ0v) is 14.4. The van der Waals surface area contributed by atoms with Crippen LogP contribution in [0.2, 0.25) is 0 Å². The molecule has 0 spiro atoms. The summed E-state index contributed by atoms with van der Waals surface area (Å²) in [4.78, 5) is 11.5. The Hall–Kier alpha value is -1.11. The van der Waals surface area contributed by atoms with Crippen LogP contribution in [-0.2, 0) is 44.5 Å². The van der Waals surface area contributed by atoms with Crippen LogP contribution >= 0.6 is 0 Å². The van der Waals surface area contributed by atoms with E-state index in [4.69, 9.17) is 4.74 Å². The first-order valence-electron chi connectivity index (χ1n) is 5.73. The van der Waals surface area contributed by atoms with Crippen molar-refractivity contribution in [3.8, 4) is 17.0 Å². The van der Waals surface area contributed by atoms with Crippen LogP contribution in [0.1, 0.15) is 0 Å². The molecule has 1 aromatic heterocycles. The smallest absolute Gasteiger partial charge is 0.194 e. The van der Waals surface area contributed by atoms with Gasteiger partial charge >= 0.3 is 0 Å². The largest absolute Gasteiger partial charge is 0.467 e. The molecule has 0 saturated carbocycles. The summed E-state index contributed by atoms with van der Waals surface area (Å²) in [5.74, 6) is -1.67. The molecular formula is C14H12F2NO3Y-. The van der Waals surface area contributed by atoms with Gasteiger partial charge in [-0.25, -0.2) is 8.78 Å². The summed E-state index contributed by atoms with van der Waals surface area (Å²) in [6.45, 7) is -0.117. The second-order valence-electron chi connectivity index (χ2n) is 4.04. The van der Waals surface area contributed by atoms with Crippen molar-refractivity contribution in [1.29, 1.82) is 0 Å². The van der Waals surface area contributed by atoms with Crippen LogP contribution in [0.4, 0.5) is 8.78 Å². The quantitative estimate of drug-likeness (QED) is 0.613. The van der Waals surface area contributed by atoms with E-state index >= 15 is 0 Å². The molecule has 0 atom stereocenters. The zero-order valence-electron chi connectivity index (χ0n) is 11.5. The van der Waals surface area contributed by atoms with E-state index in [9.17, 15) is 13.6 Å². The Kier molecular flexibility index (Phi) is 6.64. The van der Waals surface area contributed by atoms with E-state index in [2.05, 4.69) is 10.8 Å². The van der Waals surface area contributed by atoms with E-state index in [-0.39, 0.29) is 62.1 Å². The van der Waals surface area contributed by atoms with Crippen molar-refractivity contribution >= 4 is 0 Å². The fourth-order valence-electron chi connectivity index (χ4n) is 1.74. The zero-order chi connectivity index (χ0) is 14.7. The van der Waals surface area contributed by atoms with Gasteiger partial charge in [0.1, 0.15) is 5.75 Å². The minimum absolute atomic E-state index is 0. The monoisotopic (exact) mass is 369 g/mol. The number of nitrogens with zero attached hydrogens (tertiary/aromatic N) is 1. The third-order valence-corrected chi connectivity index (χ3v) is 2.71. The molecule has 2 aromatic rings. The Bertz CT molecular complexity index is 665. The number of pyridine rings is 1. The second-order valence-corrected chi connectivity index (χ2v) is 4.04. The molecule has 109 valence electrons. The number of hydrogen-bond donors (Lipinski definition) is 0. The summed E-state index contributed by atoms with van der Waals surface area (Å²) >= 11 is 0. The standard InChI is InChI=1S/C14H12F2NO3.Y/c1-17-12(4-3-5-13(17)18)14-10(15)6-9(7-11(14)16)20-8-19-2;/h3,5-7H,8H2,1-2H3;/q-1;. The van der Waals surface area contributed by atoms with Gasteiger partial charge in [0, 0.05) is 59.0 Å². The maximum absolute atomic E-state index is 14.0. The van der Waals surface area contributed by atoms with E-state index < -0.39 is 11.6 Å². The number of aromatic nitrogens is 1. The van der Waals surface area contributed by atoms with E-state index in [1.807, 2.05) is 0 Å². The van der Waals surface area contributed by atoms with Crippen molar-refractivity contribution in [3.63, 3.8) is 0 Å². The predicted octanol–water partition coefficient (Wildman–Crippen LogP) is 2.11. The molecule has 2 rings (SSSR count). The summed E-state index contributed by atoms with van der Waals surface area (Å²) in [5.41, 5.74) is -0.669. The molecule has 21 heavy (non-hydrogen) atoms. The van der Waals surface area contributed by atoms with Gasteiger partial charge in [-0.05, 0) is 5.56 Å². The number of hydrogen-bond acceptors (Lipinski definition) is 3.